The van der Waals surface area contributed by atoms with Crippen LogP contribution < -0.4 is 11.2 Å². The van der Waals surface area contributed by atoms with E-state index in [1.165, 1.54) is 0 Å². The quantitative estimate of drug-likeness (QED) is 0.859. The Morgan fingerprint density at radius 2 is 1.65 bits per heavy atom. The number of nitrogens with zero attached hydrogens (tertiary/aromatic N) is 3. The van der Waals surface area contributed by atoms with Gasteiger partial charge >= 0.3 is 7.12 Å². The summed E-state index contributed by atoms with van der Waals surface area (Å²) in [5.74, 6) is 0.396. The van der Waals surface area contributed by atoms with Crippen LogP contribution in [0.15, 0.2) is 24.3 Å². The molecule has 1 aromatic heterocycles. The van der Waals surface area contributed by atoms with Crippen LogP contribution in [0.4, 0.5) is 5.82 Å². The molecular weight excluding hydrogens is 327 g/mol. The molecule has 2 N–H and O–H groups in total. The molecule has 0 bridgehead atoms. The van der Waals surface area contributed by atoms with Crippen molar-refractivity contribution in [3.05, 3.63) is 29.8 Å². The van der Waals surface area contributed by atoms with Crippen LogP contribution in [-0.4, -0.2) is 28.1 Å². The van der Waals surface area contributed by atoms with Crippen molar-refractivity contribution < 1.29 is 9.31 Å². The van der Waals surface area contributed by atoms with Gasteiger partial charge in [-0.2, -0.15) is 10.4 Å². The average molecular weight is 352 g/mol. The first-order valence-electron chi connectivity index (χ1n) is 8.81. The number of rotatable bonds is 3. The Labute approximate surface area is 155 Å². The molecule has 1 saturated heterocycles. The zero-order chi connectivity index (χ0) is 19.3. The topological polar surface area (TPSA) is 86.1 Å². The van der Waals surface area contributed by atoms with Gasteiger partial charge in [0.1, 0.15) is 23.1 Å². The van der Waals surface area contributed by atoms with Crippen LogP contribution in [0, 0.1) is 11.3 Å². The molecule has 2 heterocycles. The van der Waals surface area contributed by atoms with Crippen molar-refractivity contribution in [3.8, 4) is 17.3 Å². The number of anilines is 1. The minimum absolute atomic E-state index is 0.0832. The molecule has 1 aliphatic rings. The lowest BCUT2D eigenvalue weighted by Gasteiger charge is -2.32. The Morgan fingerprint density at radius 3 is 2.12 bits per heavy atom. The fourth-order valence-corrected chi connectivity index (χ4v) is 2.93. The Morgan fingerprint density at radius 1 is 1.12 bits per heavy atom. The molecule has 136 valence electrons. The summed E-state index contributed by atoms with van der Waals surface area (Å²) in [4.78, 5) is 0. The SMILES string of the molecule is CC(C)n1nc(-c2ccc(B3OC(C)(C)C(C)(C)O3)cc2)c(C#N)c1N. The first kappa shape index (κ1) is 18.5. The summed E-state index contributed by atoms with van der Waals surface area (Å²) in [5.41, 5.74) is 8.09. The van der Waals surface area contributed by atoms with Gasteiger partial charge in [0.25, 0.3) is 0 Å². The van der Waals surface area contributed by atoms with Gasteiger partial charge in [-0.15, -0.1) is 0 Å². The van der Waals surface area contributed by atoms with Gasteiger partial charge < -0.3 is 15.0 Å². The summed E-state index contributed by atoms with van der Waals surface area (Å²) >= 11 is 0. The Kier molecular flexibility index (Phi) is 4.37. The zero-order valence-electron chi connectivity index (χ0n) is 16.2. The predicted octanol–water partition coefficient (Wildman–Crippen LogP) is 2.88. The summed E-state index contributed by atoms with van der Waals surface area (Å²) in [6.45, 7) is 12.1. The first-order valence-corrected chi connectivity index (χ1v) is 8.81. The van der Waals surface area contributed by atoms with Crippen molar-refractivity contribution in [1.29, 1.82) is 5.26 Å². The lowest BCUT2D eigenvalue weighted by molar-refractivity contribution is 0.00578. The van der Waals surface area contributed by atoms with Gasteiger partial charge in [0.2, 0.25) is 0 Å². The molecule has 26 heavy (non-hydrogen) atoms. The third-order valence-corrected chi connectivity index (χ3v) is 5.26. The van der Waals surface area contributed by atoms with Crippen LogP contribution in [0.3, 0.4) is 0 Å². The zero-order valence-corrected chi connectivity index (χ0v) is 16.2. The van der Waals surface area contributed by atoms with Crippen molar-refractivity contribution in [2.75, 3.05) is 5.73 Å². The highest BCUT2D eigenvalue weighted by Gasteiger charge is 2.51. The molecule has 0 unspecified atom stereocenters. The number of nitrogens with two attached hydrogens (primary N) is 1. The van der Waals surface area contributed by atoms with Crippen molar-refractivity contribution >= 4 is 18.4 Å². The maximum atomic E-state index is 9.47. The molecule has 0 spiro atoms. The normalized spacial score (nSPS) is 18.3. The highest BCUT2D eigenvalue weighted by molar-refractivity contribution is 6.62. The van der Waals surface area contributed by atoms with Gasteiger partial charge in [-0.25, -0.2) is 4.68 Å². The number of hydrogen-bond donors (Lipinski definition) is 1. The minimum Gasteiger partial charge on any atom is -0.399 e. The number of benzene rings is 1. The fraction of sp³-hybridized carbons (Fsp3) is 0.474. The molecule has 6 nitrogen and oxygen atoms in total. The highest BCUT2D eigenvalue weighted by Crippen LogP contribution is 2.36. The molecule has 0 amide bonds. The van der Waals surface area contributed by atoms with E-state index in [9.17, 15) is 5.26 Å². The van der Waals surface area contributed by atoms with E-state index in [-0.39, 0.29) is 17.2 Å². The monoisotopic (exact) mass is 352 g/mol. The molecule has 1 fully saturated rings. The fourth-order valence-electron chi connectivity index (χ4n) is 2.93. The lowest BCUT2D eigenvalue weighted by atomic mass is 9.78. The minimum atomic E-state index is -0.414. The Balaban J connectivity index is 1.93. The van der Waals surface area contributed by atoms with E-state index in [1.54, 1.807) is 4.68 Å². The largest absolute Gasteiger partial charge is 0.494 e. The molecule has 0 radical (unpaired) electrons. The second-order valence-electron chi connectivity index (χ2n) is 7.97. The van der Waals surface area contributed by atoms with E-state index in [1.807, 2.05) is 65.8 Å². The van der Waals surface area contributed by atoms with Crippen molar-refractivity contribution in [1.82, 2.24) is 9.78 Å². The van der Waals surface area contributed by atoms with Gasteiger partial charge in [-0.1, -0.05) is 24.3 Å². The summed E-state index contributed by atoms with van der Waals surface area (Å²) < 4.78 is 13.8. The number of hydrogen-bond acceptors (Lipinski definition) is 5. The second kappa shape index (κ2) is 6.15. The summed E-state index contributed by atoms with van der Waals surface area (Å²) in [5, 5.41) is 14.0. The number of nitrogen functional groups attached to an aromatic ring is 1. The average Bonchev–Trinajstić information content (AvgIpc) is 3.00. The predicted molar refractivity (Wildman–Crippen MR) is 103 cm³/mol. The van der Waals surface area contributed by atoms with Crippen LogP contribution in [0.25, 0.3) is 11.3 Å². The van der Waals surface area contributed by atoms with Gasteiger partial charge in [0, 0.05) is 11.6 Å². The standard InChI is InChI=1S/C19H25BN4O2/c1-12(2)24-17(22)15(11-21)16(23-24)13-7-9-14(10-8-13)20-25-18(3,4)19(5,6)26-20/h7-10,12H,22H2,1-6H3. The summed E-state index contributed by atoms with van der Waals surface area (Å²) in [7, 11) is -0.414. The molecule has 0 atom stereocenters. The molecule has 0 aliphatic carbocycles. The van der Waals surface area contributed by atoms with E-state index in [0.29, 0.717) is 17.1 Å². The molecule has 2 aromatic rings. The van der Waals surface area contributed by atoms with Crippen LogP contribution in [0.1, 0.15) is 53.1 Å². The van der Waals surface area contributed by atoms with Crippen LogP contribution in [0.5, 0.6) is 0 Å². The molecule has 3 rings (SSSR count). The van der Waals surface area contributed by atoms with Crippen molar-refractivity contribution in [2.45, 2.75) is 58.8 Å². The molecule has 1 aromatic carbocycles. The maximum absolute atomic E-state index is 9.47. The third kappa shape index (κ3) is 2.89. The van der Waals surface area contributed by atoms with Crippen molar-refractivity contribution in [3.63, 3.8) is 0 Å². The first-order chi connectivity index (χ1) is 12.1. The summed E-state index contributed by atoms with van der Waals surface area (Å²) in [6, 6.07) is 10.00. The smallest absolute Gasteiger partial charge is 0.399 e. The van der Waals surface area contributed by atoms with E-state index in [2.05, 4.69) is 11.2 Å². The molecule has 7 heteroatoms. The molecular formula is C19H25BN4O2. The van der Waals surface area contributed by atoms with Crippen LogP contribution >= 0.6 is 0 Å². The van der Waals surface area contributed by atoms with Crippen LogP contribution in [-0.2, 0) is 9.31 Å². The van der Waals surface area contributed by atoms with E-state index >= 15 is 0 Å². The van der Waals surface area contributed by atoms with E-state index < -0.39 is 7.12 Å². The van der Waals surface area contributed by atoms with Gasteiger partial charge in [-0.3, -0.25) is 0 Å². The third-order valence-electron chi connectivity index (χ3n) is 5.26. The number of aromatic nitrogens is 2. The van der Waals surface area contributed by atoms with E-state index in [0.717, 1.165) is 11.0 Å². The highest BCUT2D eigenvalue weighted by atomic mass is 16.7. The number of nitriles is 1. The second-order valence-corrected chi connectivity index (χ2v) is 7.97. The van der Waals surface area contributed by atoms with Crippen LogP contribution in [0.2, 0.25) is 0 Å². The Hall–Kier alpha value is -2.30. The maximum Gasteiger partial charge on any atom is 0.494 e. The summed E-state index contributed by atoms with van der Waals surface area (Å²) in [6.07, 6.45) is 0. The Bertz CT molecular complexity index is 847. The van der Waals surface area contributed by atoms with Gasteiger partial charge in [0.05, 0.1) is 11.2 Å². The van der Waals surface area contributed by atoms with Gasteiger partial charge in [0.15, 0.2) is 0 Å². The van der Waals surface area contributed by atoms with Crippen molar-refractivity contribution in [2.24, 2.45) is 0 Å². The van der Waals surface area contributed by atoms with E-state index in [4.69, 9.17) is 15.0 Å². The molecule has 1 aliphatic heterocycles. The lowest BCUT2D eigenvalue weighted by Crippen LogP contribution is -2.41. The van der Waals surface area contributed by atoms with Gasteiger partial charge in [-0.05, 0) is 47.0 Å². The molecule has 0 saturated carbocycles.